The smallest absolute Gasteiger partial charge is 0.277 e. The van der Waals surface area contributed by atoms with Crippen molar-refractivity contribution in [2.24, 2.45) is 0 Å². The van der Waals surface area contributed by atoms with Gasteiger partial charge in [0.2, 0.25) is 0 Å². The quantitative estimate of drug-likeness (QED) is 0.672. The number of amides is 2. The molecule has 3 heterocycles. The molecule has 0 N–H and O–H groups in total. The molecular weight excluding hydrogens is 380 g/mol. The van der Waals surface area contributed by atoms with Gasteiger partial charge in [-0.1, -0.05) is 18.2 Å². The number of carbonyl (C=O) groups is 2. The Morgan fingerprint density at radius 3 is 2.23 bits per heavy atom. The minimum atomic E-state index is -0.162. The van der Waals surface area contributed by atoms with Crippen LogP contribution < -0.4 is 0 Å². The maximum atomic E-state index is 13.5. The topological polar surface area (TPSA) is 56.3 Å². The summed E-state index contributed by atoms with van der Waals surface area (Å²) in [7, 11) is 2.09. The van der Waals surface area contributed by atoms with Gasteiger partial charge in [0.25, 0.3) is 11.8 Å². The molecule has 0 spiro atoms. The third-order valence-corrected chi connectivity index (χ3v) is 6.50. The summed E-state index contributed by atoms with van der Waals surface area (Å²) in [5.41, 5.74) is 4.30. The van der Waals surface area contributed by atoms with Crippen molar-refractivity contribution in [3.8, 4) is 0 Å². The van der Waals surface area contributed by atoms with Gasteiger partial charge in [-0.25, -0.2) is 0 Å². The summed E-state index contributed by atoms with van der Waals surface area (Å²) in [4.78, 5) is 35.0. The van der Waals surface area contributed by atoms with Gasteiger partial charge in [-0.3, -0.25) is 19.4 Å². The van der Waals surface area contributed by atoms with Crippen molar-refractivity contribution in [3.63, 3.8) is 0 Å². The summed E-state index contributed by atoms with van der Waals surface area (Å²) >= 11 is 0. The second-order valence-electron chi connectivity index (χ2n) is 8.53. The first kappa shape index (κ1) is 21.0. The van der Waals surface area contributed by atoms with E-state index in [0.29, 0.717) is 37.6 Å². The van der Waals surface area contributed by atoms with E-state index in [1.165, 1.54) is 10.5 Å². The normalized spacial score (nSPS) is 21.8. The number of hydrogen-bond acceptors (Lipinski definition) is 6. The third kappa shape index (κ3) is 4.15. The molecule has 0 bridgehead atoms. The third-order valence-electron chi connectivity index (χ3n) is 6.50. The highest BCUT2D eigenvalue weighted by atomic mass is 16.5. The van der Waals surface area contributed by atoms with Crippen LogP contribution in [0.5, 0.6) is 0 Å². The van der Waals surface area contributed by atoms with E-state index < -0.39 is 0 Å². The van der Waals surface area contributed by atoms with Crippen LogP contribution in [0.4, 0.5) is 0 Å². The minimum Gasteiger partial charge on any atom is -0.379 e. The maximum absolute atomic E-state index is 13.5. The SMILES string of the molecule is Cc1ccc(C2=C(N3CCN(C)CC3)C(=O)N(CCN3CCOCC3)C2=O)cc1C. The van der Waals surface area contributed by atoms with Crippen LogP contribution in [-0.2, 0) is 14.3 Å². The van der Waals surface area contributed by atoms with Gasteiger partial charge in [0.1, 0.15) is 5.70 Å². The number of imide groups is 1. The average molecular weight is 413 g/mol. The number of aryl methyl sites for hydroxylation is 2. The number of likely N-dealkylation sites (N-methyl/N-ethyl adjacent to an activating group) is 1. The molecule has 2 fully saturated rings. The lowest BCUT2D eigenvalue weighted by atomic mass is 9.99. The van der Waals surface area contributed by atoms with Crippen molar-refractivity contribution in [1.29, 1.82) is 0 Å². The largest absolute Gasteiger partial charge is 0.379 e. The Bertz CT molecular complexity index is 852. The molecule has 0 saturated carbocycles. The van der Waals surface area contributed by atoms with Gasteiger partial charge in [0.05, 0.1) is 18.8 Å². The lowest BCUT2D eigenvalue weighted by Gasteiger charge is -2.34. The number of benzene rings is 1. The average Bonchev–Trinajstić information content (AvgIpc) is 3.00. The fourth-order valence-corrected chi connectivity index (χ4v) is 4.31. The number of rotatable bonds is 5. The van der Waals surface area contributed by atoms with Crippen LogP contribution in [0.3, 0.4) is 0 Å². The van der Waals surface area contributed by atoms with Crippen LogP contribution in [0, 0.1) is 13.8 Å². The lowest BCUT2D eigenvalue weighted by molar-refractivity contribution is -0.138. The zero-order valence-electron chi connectivity index (χ0n) is 18.3. The van der Waals surface area contributed by atoms with Gasteiger partial charge < -0.3 is 14.5 Å². The van der Waals surface area contributed by atoms with Crippen molar-refractivity contribution in [2.45, 2.75) is 13.8 Å². The highest BCUT2D eigenvalue weighted by molar-refractivity contribution is 6.35. The van der Waals surface area contributed by atoms with Crippen molar-refractivity contribution >= 4 is 17.4 Å². The van der Waals surface area contributed by atoms with Crippen LogP contribution in [-0.4, -0.2) is 104 Å². The second kappa shape index (κ2) is 8.88. The number of nitrogens with zero attached hydrogens (tertiary/aromatic N) is 4. The number of ether oxygens (including phenoxy) is 1. The van der Waals surface area contributed by atoms with Crippen LogP contribution >= 0.6 is 0 Å². The Kier molecular flexibility index (Phi) is 6.22. The first-order valence-corrected chi connectivity index (χ1v) is 10.9. The van der Waals surface area contributed by atoms with Gasteiger partial charge in [-0.2, -0.15) is 0 Å². The molecule has 2 amide bonds. The summed E-state index contributed by atoms with van der Waals surface area (Å²) in [6, 6.07) is 6.05. The minimum absolute atomic E-state index is 0.147. The van der Waals surface area contributed by atoms with Crippen LogP contribution in [0.2, 0.25) is 0 Å². The molecule has 3 aliphatic heterocycles. The number of piperazine rings is 1. The molecule has 3 aliphatic rings. The van der Waals surface area contributed by atoms with Crippen molar-refractivity contribution in [3.05, 3.63) is 40.6 Å². The van der Waals surface area contributed by atoms with E-state index in [0.717, 1.165) is 50.4 Å². The van der Waals surface area contributed by atoms with E-state index in [2.05, 4.69) is 28.7 Å². The van der Waals surface area contributed by atoms with E-state index in [4.69, 9.17) is 4.74 Å². The van der Waals surface area contributed by atoms with E-state index in [1.54, 1.807) is 0 Å². The van der Waals surface area contributed by atoms with E-state index in [1.807, 2.05) is 25.1 Å². The summed E-state index contributed by atoms with van der Waals surface area (Å²) in [5.74, 6) is -0.309. The first-order valence-electron chi connectivity index (χ1n) is 10.9. The molecule has 0 radical (unpaired) electrons. The fourth-order valence-electron chi connectivity index (χ4n) is 4.31. The predicted molar refractivity (Wildman–Crippen MR) is 116 cm³/mol. The van der Waals surface area contributed by atoms with Crippen LogP contribution in [0.25, 0.3) is 5.57 Å². The van der Waals surface area contributed by atoms with Crippen molar-refractivity contribution < 1.29 is 14.3 Å². The van der Waals surface area contributed by atoms with E-state index >= 15 is 0 Å². The first-order chi connectivity index (χ1) is 14.5. The van der Waals surface area contributed by atoms with Gasteiger partial charge in [0.15, 0.2) is 0 Å². The summed E-state index contributed by atoms with van der Waals surface area (Å²) in [6.45, 7) is 11.6. The molecule has 1 aromatic carbocycles. The Balaban J connectivity index is 1.62. The monoisotopic (exact) mass is 412 g/mol. The zero-order valence-corrected chi connectivity index (χ0v) is 18.3. The van der Waals surface area contributed by atoms with Crippen LogP contribution in [0.15, 0.2) is 23.9 Å². The Morgan fingerprint density at radius 1 is 0.867 bits per heavy atom. The molecule has 0 atom stereocenters. The molecule has 0 aliphatic carbocycles. The van der Waals surface area contributed by atoms with Gasteiger partial charge in [0, 0.05) is 52.4 Å². The number of carbonyl (C=O) groups excluding carboxylic acids is 2. The highest BCUT2D eigenvalue weighted by Gasteiger charge is 2.42. The molecular formula is C23H32N4O3. The van der Waals surface area contributed by atoms with Gasteiger partial charge >= 0.3 is 0 Å². The standard InChI is InChI=1S/C23H32N4O3/c1-17-4-5-19(16-18(17)2)20-21(26-9-6-24(3)7-10-26)23(29)27(22(20)28)11-8-25-12-14-30-15-13-25/h4-5,16H,6-15H2,1-3H3. The van der Waals surface area contributed by atoms with Crippen molar-refractivity contribution in [1.82, 2.24) is 19.6 Å². The van der Waals surface area contributed by atoms with Crippen LogP contribution in [0.1, 0.15) is 16.7 Å². The molecule has 4 rings (SSSR count). The summed E-state index contributed by atoms with van der Waals surface area (Å²) in [6.07, 6.45) is 0. The summed E-state index contributed by atoms with van der Waals surface area (Å²) in [5, 5.41) is 0. The molecule has 162 valence electrons. The fraction of sp³-hybridized carbons (Fsp3) is 0.565. The highest BCUT2D eigenvalue weighted by Crippen LogP contribution is 2.33. The Morgan fingerprint density at radius 2 is 1.57 bits per heavy atom. The molecule has 30 heavy (non-hydrogen) atoms. The lowest BCUT2D eigenvalue weighted by Crippen LogP contribution is -2.47. The van der Waals surface area contributed by atoms with E-state index in [9.17, 15) is 9.59 Å². The Hall–Kier alpha value is -2.22. The predicted octanol–water partition coefficient (Wildman–Crippen LogP) is 0.963. The molecule has 7 heteroatoms. The number of morpholine rings is 1. The Labute approximate surface area is 178 Å². The molecule has 7 nitrogen and oxygen atoms in total. The van der Waals surface area contributed by atoms with Gasteiger partial charge in [-0.05, 0) is 37.6 Å². The molecule has 0 aromatic heterocycles. The summed E-state index contributed by atoms with van der Waals surface area (Å²) < 4.78 is 5.41. The van der Waals surface area contributed by atoms with Crippen molar-refractivity contribution in [2.75, 3.05) is 72.6 Å². The van der Waals surface area contributed by atoms with E-state index in [-0.39, 0.29) is 11.8 Å². The molecule has 1 aromatic rings. The zero-order chi connectivity index (χ0) is 21.3. The molecule has 2 saturated heterocycles. The maximum Gasteiger partial charge on any atom is 0.277 e. The number of hydrogen-bond donors (Lipinski definition) is 0. The van der Waals surface area contributed by atoms with Gasteiger partial charge in [-0.15, -0.1) is 0 Å². The molecule has 0 unspecified atom stereocenters. The second-order valence-corrected chi connectivity index (χ2v) is 8.53.